The van der Waals surface area contributed by atoms with E-state index in [9.17, 15) is 9.90 Å². The molecule has 0 amide bonds. The molecular weight excluding hydrogens is 176 g/mol. The Bertz CT molecular complexity index is 362. The number of hydrogen-bond donors (Lipinski definition) is 0. The van der Waals surface area contributed by atoms with Crippen molar-refractivity contribution >= 4 is 5.97 Å². The number of hydrogen-bond acceptors (Lipinski definition) is 2. The first kappa shape index (κ1) is 9.25. The Labute approximate surface area is 83.6 Å². The molecule has 1 aromatic rings. The average molecular weight is 189 g/mol. The minimum absolute atomic E-state index is 0.257. The number of rotatable bonds is 2. The topological polar surface area (TPSA) is 40.1 Å². The van der Waals surface area contributed by atoms with E-state index in [2.05, 4.69) is 13.8 Å². The Morgan fingerprint density at radius 1 is 1.36 bits per heavy atom. The summed E-state index contributed by atoms with van der Waals surface area (Å²) in [7, 11) is 0. The fourth-order valence-corrected chi connectivity index (χ4v) is 1.89. The lowest BCUT2D eigenvalue weighted by molar-refractivity contribution is -0.255. The van der Waals surface area contributed by atoms with Gasteiger partial charge in [-0.1, -0.05) is 38.1 Å². The van der Waals surface area contributed by atoms with E-state index in [1.165, 1.54) is 12.0 Å². The van der Waals surface area contributed by atoms with Gasteiger partial charge in [0.2, 0.25) is 0 Å². The zero-order chi connectivity index (χ0) is 10.3. The van der Waals surface area contributed by atoms with E-state index in [1.807, 2.05) is 12.1 Å². The van der Waals surface area contributed by atoms with Crippen molar-refractivity contribution in [3.8, 4) is 0 Å². The fraction of sp³-hybridized carbons (Fsp3) is 0.417. The highest BCUT2D eigenvalue weighted by Crippen LogP contribution is 2.58. The Morgan fingerprint density at radius 2 is 1.86 bits per heavy atom. The number of carboxylic acid groups (broad SMARTS) is 1. The van der Waals surface area contributed by atoms with Gasteiger partial charge in [-0.25, -0.2) is 0 Å². The van der Waals surface area contributed by atoms with E-state index < -0.39 is 5.97 Å². The molecule has 1 fully saturated rings. The molecule has 0 saturated heterocycles. The number of carbonyl (C=O) groups is 1. The van der Waals surface area contributed by atoms with Gasteiger partial charge in [0, 0.05) is 0 Å². The normalized spacial score (nSPS) is 23.1. The lowest BCUT2D eigenvalue weighted by Gasteiger charge is -2.06. The van der Waals surface area contributed by atoms with Crippen molar-refractivity contribution in [2.75, 3.05) is 0 Å². The molecule has 1 saturated carbocycles. The Kier molecular flexibility index (Phi) is 1.88. The van der Waals surface area contributed by atoms with Gasteiger partial charge in [-0.15, -0.1) is 0 Å². The third-order valence-corrected chi connectivity index (χ3v) is 3.06. The van der Waals surface area contributed by atoms with Crippen LogP contribution < -0.4 is 5.11 Å². The van der Waals surface area contributed by atoms with Crippen LogP contribution in [0.2, 0.25) is 0 Å². The van der Waals surface area contributed by atoms with Gasteiger partial charge in [-0.3, -0.25) is 0 Å². The Morgan fingerprint density at radius 3 is 2.21 bits per heavy atom. The van der Waals surface area contributed by atoms with Gasteiger partial charge in [0.1, 0.15) is 0 Å². The van der Waals surface area contributed by atoms with Crippen LogP contribution >= 0.6 is 0 Å². The second-order valence-corrected chi connectivity index (χ2v) is 4.65. The van der Waals surface area contributed by atoms with Crippen LogP contribution in [0.3, 0.4) is 0 Å². The summed E-state index contributed by atoms with van der Waals surface area (Å²) in [6, 6.07) is 7.03. The van der Waals surface area contributed by atoms with Gasteiger partial charge >= 0.3 is 0 Å². The second kappa shape index (κ2) is 2.84. The van der Waals surface area contributed by atoms with Crippen molar-refractivity contribution in [3.05, 3.63) is 35.4 Å². The molecule has 74 valence electrons. The van der Waals surface area contributed by atoms with Gasteiger partial charge in [-0.05, 0) is 28.9 Å². The predicted molar refractivity (Wildman–Crippen MR) is 51.9 cm³/mol. The smallest absolute Gasteiger partial charge is 0.0715 e. The average Bonchev–Trinajstić information content (AvgIpc) is 2.75. The number of benzene rings is 1. The van der Waals surface area contributed by atoms with Crippen molar-refractivity contribution in [3.63, 3.8) is 0 Å². The zero-order valence-corrected chi connectivity index (χ0v) is 8.41. The second-order valence-electron chi connectivity index (χ2n) is 4.65. The van der Waals surface area contributed by atoms with Crippen LogP contribution in [-0.2, 0) is 0 Å². The molecule has 0 unspecified atom stereocenters. The van der Waals surface area contributed by atoms with E-state index in [1.54, 1.807) is 12.1 Å². The van der Waals surface area contributed by atoms with E-state index in [0.717, 1.165) is 0 Å². The summed E-state index contributed by atoms with van der Waals surface area (Å²) in [5.74, 6) is -0.509. The Balaban J connectivity index is 2.20. The molecule has 2 nitrogen and oxygen atoms in total. The number of carboxylic acids is 1. The first-order chi connectivity index (χ1) is 6.50. The Hall–Kier alpha value is -1.31. The monoisotopic (exact) mass is 189 g/mol. The fourth-order valence-electron chi connectivity index (χ4n) is 1.89. The molecule has 1 atom stereocenters. The third kappa shape index (κ3) is 1.52. The molecule has 1 aliphatic carbocycles. The molecule has 14 heavy (non-hydrogen) atoms. The predicted octanol–water partition coefficient (Wildman–Crippen LogP) is 1.56. The maximum absolute atomic E-state index is 10.5. The summed E-state index contributed by atoms with van der Waals surface area (Å²) in [4.78, 5) is 10.5. The maximum Gasteiger partial charge on any atom is 0.0715 e. The van der Waals surface area contributed by atoms with Crippen LogP contribution in [0, 0.1) is 5.41 Å². The van der Waals surface area contributed by atoms with Gasteiger partial charge in [-0.2, -0.15) is 0 Å². The summed E-state index contributed by atoms with van der Waals surface area (Å²) < 4.78 is 0. The highest BCUT2D eigenvalue weighted by molar-refractivity contribution is 5.85. The highest BCUT2D eigenvalue weighted by atomic mass is 16.4. The molecule has 0 spiro atoms. The molecule has 0 radical (unpaired) electrons. The molecule has 1 aliphatic rings. The molecule has 0 aromatic heterocycles. The summed E-state index contributed by atoms with van der Waals surface area (Å²) in [5.41, 5.74) is 1.88. The molecule has 2 rings (SSSR count). The zero-order valence-electron chi connectivity index (χ0n) is 8.41. The van der Waals surface area contributed by atoms with E-state index in [0.29, 0.717) is 11.3 Å². The third-order valence-electron chi connectivity index (χ3n) is 3.06. The number of aromatic carboxylic acids is 1. The first-order valence-electron chi connectivity index (χ1n) is 4.82. The van der Waals surface area contributed by atoms with E-state index in [-0.39, 0.29) is 5.56 Å². The van der Waals surface area contributed by atoms with Gasteiger partial charge in [0.15, 0.2) is 0 Å². The minimum Gasteiger partial charge on any atom is -0.545 e. The van der Waals surface area contributed by atoms with Crippen LogP contribution in [-0.4, -0.2) is 5.97 Å². The van der Waals surface area contributed by atoms with Crippen LogP contribution in [0.15, 0.2) is 24.3 Å². The summed E-state index contributed by atoms with van der Waals surface area (Å²) in [5, 5.41) is 10.5. The molecule has 0 heterocycles. The van der Waals surface area contributed by atoms with Crippen molar-refractivity contribution in [1.29, 1.82) is 0 Å². The van der Waals surface area contributed by atoms with Gasteiger partial charge < -0.3 is 9.90 Å². The van der Waals surface area contributed by atoms with Crippen molar-refractivity contribution < 1.29 is 9.90 Å². The van der Waals surface area contributed by atoms with Crippen LogP contribution in [0.25, 0.3) is 0 Å². The molecule has 1 aromatic carbocycles. The molecular formula is C12H13O2-. The molecule has 0 aliphatic heterocycles. The van der Waals surface area contributed by atoms with Crippen LogP contribution in [0.4, 0.5) is 0 Å². The van der Waals surface area contributed by atoms with Crippen molar-refractivity contribution in [2.45, 2.75) is 26.2 Å². The highest BCUT2D eigenvalue weighted by Gasteiger charge is 2.46. The summed E-state index contributed by atoms with van der Waals surface area (Å²) in [6.07, 6.45) is 1.19. The molecule has 0 bridgehead atoms. The molecule has 0 N–H and O–H groups in total. The lowest BCUT2D eigenvalue weighted by atomic mass is 10.0. The van der Waals surface area contributed by atoms with Crippen LogP contribution in [0.1, 0.15) is 42.1 Å². The van der Waals surface area contributed by atoms with Crippen LogP contribution in [0.5, 0.6) is 0 Å². The van der Waals surface area contributed by atoms with E-state index >= 15 is 0 Å². The lowest BCUT2D eigenvalue weighted by Crippen LogP contribution is -2.21. The van der Waals surface area contributed by atoms with Gasteiger partial charge in [0.05, 0.1) is 5.97 Å². The van der Waals surface area contributed by atoms with Crippen molar-refractivity contribution in [2.24, 2.45) is 5.41 Å². The van der Waals surface area contributed by atoms with Gasteiger partial charge in [0.25, 0.3) is 0 Å². The number of carbonyl (C=O) groups excluding carboxylic acids is 1. The largest absolute Gasteiger partial charge is 0.545 e. The summed E-state index contributed by atoms with van der Waals surface area (Å²) >= 11 is 0. The van der Waals surface area contributed by atoms with E-state index in [4.69, 9.17) is 0 Å². The standard InChI is InChI=1S/C12H14O2/c1-12(2)7-10(12)8-3-5-9(6-4-8)11(13)14/h3-6,10H,7H2,1-2H3,(H,13,14)/p-1/t10-/m1/s1. The first-order valence-corrected chi connectivity index (χ1v) is 4.82. The minimum atomic E-state index is -1.10. The summed E-state index contributed by atoms with van der Waals surface area (Å²) in [6.45, 7) is 4.45. The quantitative estimate of drug-likeness (QED) is 0.708. The molecule has 2 heteroatoms. The maximum atomic E-state index is 10.5. The SMILES string of the molecule is CC1(C)C[C@@H]1c1ccc(C(=O)[O-])cc1. The van der Waals surface area contributed by atoms with Crippen molar-refractivity contribution in [1.82, 2.24) is 0 Å².